The summed E-state index contributed by atoms with van der Waals surface area (Å²) in [5.41, 5.74) is 3.75. The maximum absolute atomic E-state index is 13.0. The van der Waals surface area contributed by atoms with E-state index in [0.717, 1.165) is 6.07 Å². The number of quaternary nitrogens is 1. The molecule has 0 spiro atoms. The van der Waals surface area contributed by atoms with Crippen molar-refractivity contribution in [1.29, 1.82) is 0 Å². The highest BCUT2D eigenvalue weighted by atomic mass is 35.5. The van der Waals surface area contributed by atoms with E-state index in [1.165, 1.54) is 19.2 Å². The van der Waals surface area contributed by atoms with Crippen molar-refractivity contribution < 1.29 is 45.1 Å². The minimum absolute atomic E-state index is 0. The second kappa shape index (κ2) is 6.69. The Morgan fingerprint density at radius 2 is 2.11 bits per heavy atom. The van der Waals surface area contributed by atoms with Crippen LogP contribution in [-0.2, 0) is 21.4 Å². The number of carboxylic acid groups (broad SMARTS) is 1. The topological polar surface area (TPSA) is 108 Å². The van der Waals surface area contributed by atoms with Gasteiger partial charge >= 0.3 is 16.2 Å². The molecule has 0 bridgehead atoms. The third-order valence-electron chi connectivity index (χ3n) is 2.32. The van der Waals surface area contributed by atoms with Gasteiger partial charge in [-0.15, -0.1) is 3.89 Å². The molecule has 0 fully saturated rings. The van der Waals surface area contributed by atoms with Gasteiger partial charge in [-0.25, -0.2) is 4.79 Å². The molecule has 0 saturated carbocycles. The standard InChI is InChI=1S/C10H12FNO5S.ClH/c1-17-8-3-2-6(4-7(12)10(13)14)5-9(8)18(11,15)16;/h2-3,5,7H,4,12H2,1H3,(H,13,14);1H/t7-;/m0./s1. The van der Waals surface area contributed by atoms with Gasteiger partial charge in [0.05, 0.1) is 7.11 Å². The number of aliphatic carboxylic acids is 1. The number of ether oxygens (including phenoxy) is 1. The molecule has 1 rings (SSSR count). The van der Waals surface area contributed by atoms with Crippen molar-refractivity contribution in [2.24, 2.45) is 0 Å². The van der Waals surface area contributed by atoms with Gasteiger partial charge in [-0.3, -0.25) is 0 Å². The second-order valence-electron chi connectivity index (χ2n) is 3.66. The van der Waals surface area contributed by atoms with E-state index in [2.05, 4.69) is 5.73 Å². The highest BCUT2D eigenvalue weighted by Gasteiger charge is 2.21. The number of rotatable bonds is 5. The van der Waals surface area contributed by atoms with Crippen molar-refractivity contribution in [3.8, 4) is 5.75 Å². The van der Waals surface area contributed by atoms with E-state index in [1.807, 2.05) is 0 Å². The molecule has 1 atom stereocenters. The summed E-state index contributed by atoms with van der Waals surface area (Å²) in [6, 6.07) is 2.86. The van der Waals surface area contributed by atoms with Gasteiger partial charge < -0.3 is 28.0 Å². The molecule has 0 radical (unpaired) electrons. The van der Waals surface area contributed by atoms with Crippen LogP contribution >= 0.6 is 0 Å². The molecule has 0 aliphatic rings. The predicted octanol–water partition coefficient (Wildman–Crippen LogP) is -3.40. The molecule has 1 aromatic rings. The lowest BCUT2D eigenvalue weighted by molar-refractivity contribution is -0.407. The fraction of sp³-hybridized carbons (Fsp3) is 0.300. The van der Waals surface area contributed by atoms with Gasteiger partial charge in [-0.2, -0.15) is 8.42 Å². The molecule has 0 saturated heterocycles. The number of carboxylic acids is 1. The zero-order valence-electron chi connectivity index (χ0n) is 9.97. The van der Waals surface area contributed by atoms with Crippen LogP contribution in [0.4, 0.5) is 3.89 Å². The van der Waals surface area contributed by atoms with E-state index < -0.39 is 27.1 Å². The number of benzene rings is 1. The fourth-order valence-electron chi connectivity index (χ4n) is 1.41. The first-order valence-electron chi connectivity index (χ1n) is 4.93. The first-order chi connectivity index (χ1) is 8.25. The largest absolute Gasteiger partial charge is 1.00 e. The van der Waals surface area contributed by atoms with E-state index in [1.54, 1.807) is 0 Å². The molecule has 4 N–H and O–H groups in total. The Bertz CT molecular complexity index is 563. The van der Waals surface area contributed by atoms with E-state index >= 15 is 0 Å². The summed E-state index contributed by atoms with van der Waals surface area (Å²) in [5, 5.41) is 8.69. The number of hydrogen-bond donors (Lipinski definition) is 2. The van der Waals surface area contributed by atoms with Crippen LogP contribution < -0.4 is 22.9 Å². The van der Waals surface area contributed by atoms with Gasteiger partial charge in [0.15, 0.2) is 6.04 Å². The smallest absolute Gasteiger partial charge is 0.362 e. The molecular weight excluding hydrogens is 301 g/mol. The van der Waals surface area contributed by atoms with E-state index in [9.17, 15) is 17.1 Å². The quantitative estimate of drug-likeness (QED) is 0.551. The average molecular weight is 314 g/mol. The minimum atomic E-state index is -4.92. The number of hydrogen-bond acceptors (Lipinski definition) is 4. The Labute approximate surface area is 116 Å². The molecule has 19 heavy (non-hydrogen) atoms. The van der Waals surface area contributed by atoms with Crippen molar-refractivity contribution in [3.63, 3.8) is 0 Å². The molecule has 0 heterocycles. The molecule has 9 heteroatoms. The monoisotopic (exact) mass is 313 g/mol. The first kappa shape index (κ1) is 17.6. The van der Waals surface area contributed by atoms with Crippen LogP contribution in [-0.4, -0.2) is 32.6 Å². The highest BCUT2D eigenvalue weighted by Crippen LogP contribution is 2.26. The lowest BCUT2D eigenvalue weighted by atomic mass is 10.1. The Hall–Kier alpha value is -1.38. The van der Waals surface area contributed by atoms with Crippen LogP contribution in [0.2, 0.25) is 0 Å². The van der Waals surface area contributed by atoms with Crippen molar-refractivity contribution in [2.75, 3.05) is 7.11 Å². The van der Waals surface area contributed by atoms with Crippen LogP contribution in [0.25, 0.3) is 0 Å². The Morgan fingerprint density at radius 1 is 1.53 bits per heavy atom. The van der Waals surface area contributed by atoms with Crippen molar-refractivity contribution in [2.45, 2.75) is 17.4 Å². The zero-order chi connectivity index (χ0) is 13.9. The molecule has 0 amide bonds. The summed E-state index contributed by atoms with van der Waals surface area (Å²) < 4.78 is 39.5. The normalized spacial score (nSPS) is 12.4. The van der Waals surface area contributed by atoms with E-state index in [4.69, 9.17) is 9.84 Å². The second-order valence-corrected chi connectivity index (χ2v) is 4.98. The predicted molar refractivity (Wildman–Crippen MR) is 59.3 cm³/mol. The van der Waals surface area contributed by atoms with Gasteiger partial charge in [0.25, 0.3) is 0 Å². The highest BCUT2D eigenvalue weighted by molar-refractivity contribution is 7.86. The summed E-state index contributed by atoms with van der Waals surface area (Å²) >= 11 is 0. The van der Waals surface area contributed by atoms with Crippen molar-refractivity contribution in [1.82, 2.24) is 0 Å². The van der Waals surface area contributed by atoms with Gasteiger partial charge in [-0.1, -0.05) is 6.07 Å². The van der Waals surface area contributed by atoms with E-state index in [0.29, 0.717) is 5.56 Å². The minimum Gasteiger partial charge on any atom is -1.00 e. The van der Waals surface area contributed by atoms with Crippen molar-refractivity contribution >= 4 is 16.2 Å². The molecule has 6 nitrogen and oxygen atoms in total. The van der Waals surface area contributed by atoms with Crippen LogP contribution in [0.3, 0.4) is 0 Å². The number of carbonyl (C=O) groups is 1. The number of methoxy groups -OCH3 is 1. The van der Waals surface area contributed by atoms with Crippen LogP contribution in [0.15, 0.2) is 23.1 Å². The lowest BCUT2D eigenvalue weighted by Gasteiger charge is -2.08. The average Bonchev–Trinajstić information content (AvgIpc) is 2.27. The molecular formula is C10H13ClFNO5S. The number of halogens is 2. The molecule has 0 unspecified atom stereocenters. The SMILES string of the molecule is COc1ccc(C[C@H]([NH3+])C(=O)O)cc1S(=O)(=O)F.[Cl-]. The van der Waals surface area contributed by atoms with Gasteiger partial charge in [0.2, 0.25) is 0 Å². The summed E-state index contributed by atoms with van der Waals surface area (Å²) in [7, 11) is -3.70. The summed E-state index contributed by atoms with van der Waals surface area (Å²) in [6.45, 7) is 0. The Kier molecular flexibility index (Phi) is 6.20. The Morgan fingerprint density at radius 3 is 2.53 bits per heavy atom. The molecule has 0 aromatic heterocycles. The van der Waals surface area contributed by atoms with Crippen LogP contribution in [0.5, 0.6) is 5.75 Å². The van der Waals surface area contributed by atoms with Crippen LogP contribution in [0, 0.1) is 0 Å². The van der Waals surface area contributed by atoms with Crippen LogP contribution in [0.1, 0.15) is 5.56 Å². The third-order valence-corrected chi connectivity index (χ3v) is 3.17. The lowest BCUT2D eigenvalue weighted by Crippen LogP contribution is -3.00. The summed E-state index contributed by atoms with van der Waals surface area (Å²) in [6.07, 6.45) is 0.00183. The Balaban J connectivity index is 0.00000324. The summed E-state index contributed by atoms with van der Waals surface area (Å²) in [5.74, 6) is -1.24. The van der Waals surface area contributed by atoms with Gasteiger partial charge in [0, 0.05) is 6.42 Å². The third kappa shape index (κ3) is 4.66. The molecule has 0 aliphatic carbocycles. The summed E-state index contributed by atoms with van der Waals surface area (Å²) in [4.78, 5) is 10.0. The molecule has 108 valence electrons. The van der Waals surface area contributed by atoms with Crippen molar-refractivity contribution in [3.05, 3.63) is 23.8 Å². The van der Waals surface area contributed by atoms with Gasteiger partial charge in [-0.05, 0) is 17.7 Å². The fourth-order valence-corrected chi connectivity index (χ4v) is 2.09. The maximum atomic E-state index is 13.0. The van der Waals surface area contributed by atoms with E-state index in [-0.39, 0.29) is 24.6 Å². The molecule has 0 aliphatic heterocycles. The maximum Gasteiger partial charge on any atom is 0.362 e. The van der Waals surface area contributed by atoms with Gasteiger partial charge in [0.1, 0.15) is 10.6 Å². The molecule has 1 aromatic carbocycles. The zero-order valence-corrected chi connectivity index (χ0v) is 11.5. The first-order valence-corrected chi connectivity index (χ1v) is 6.31.